The molecule has 0 spiro atoms. The van der Waals surface area contributed by atoms with Crippen molar-refractivity contribution < 1.29 is 22.8 Å². The van der Waals surface area contributed by atoms with E-state index in [0.29, 0.717) is 5.57 Å². The summed E-state index contributed by atoms with van der Waals surface area (Å²) in [5.41, 5.74) is -0.925. The predicted octanol–water partition coefficient (Wildman–Crippen LogP) is 4.20. The van der Waals surface area contributed by atoms with E-state index in [0.717, 1.165) is 43.9 Å². The van der Waals surface area contributed by atoms with Crippen molar-refractivity contribution in [2.75, 3.05) is 0 Å². The zero-order valence-electron chi connectivity index (χ0n) is 11.8. The Labute approximate surface area is 126 Å². The van der Waals surface area contributed by atoms with Crippen molar-refractivity contribution in [1.82, 2.24) is 0 Å². The molecule has 2 nitrogen and oxygen atoms in total. The first-order valence-electron chi connectivity index (χ1n) is 7.34. The number of carbonyl (C=O) groups is 2. The molecule has 2 saturated carbocycles. The molecule has 0 atom stereocenters. The van der Waals surface area contributed by atoms with E-state index in [-0.39, 0.29) is 17.6 Å². The zero-order valence-corrected chi connectivity index (χ0v) is 11.8. The molecule has 2 aliphatic carbocycles. The van der Waals surface area contributed by atoms with Crippen molar-refractivity contribution in [3.8, 4) is 0 Å². The highest BCUT2D eigenvalue weighted by Gasteiger charge is 2.39. The van der Waals surface area contributed by atoms with Gasteiger partial charge in [0.25, 0.3) is 0 Å². The van der Waals surface area contributed by atoms with E-state index in [9.17, 15) is 22.8 Å². The van der Waals surface area contributed by atoms with Crippen molar-refractivity contribution in [3.05, 3.63) is 47.0 Å². The molecule has 0 aromatic heterocycles. The Hall–Kier alpha value is -1.91. The fourth-order valence-electron chi connectivity index (χ4n) is 2.53. The van der Waals surface area contributed by atoms with E-state index in [1.54, 1.807) is 0 Å². The number of Topliss-reactive ketones (excluding diaryl/α,β-unsaturated/α-hetero) is 1. The third-order valence-electron chi connectivity index (χ3n) is 4.03. The molecule has 0 N–H and O–H groups in total. The van der Waals surface area contributed by atoms with Gasteiger partial charge < -0.3 is 0 Å². The van der Waals surface area contributed by atoms with Crippen LogP contribution in [0.25, 0.3) is 0 Å². The second-order valence-corrected chi connectivity index (χ2v) is 5.92. The van der Waals surface area contributed by atoms with E-state index in [1.807, 2.05) is 0 Å². The highest BCUT2D eigenvalue weighted by molar-refractivity contribution is 6.11. The summed E-state index contributed by atoms with van der Waals surface area (Å²) in [6.45, 7) is 0. The lowest BCUT2D eigenvalue weighted by Crippen LogP contribution is -2.14. The van der Waals surface area contributed by atoms with E-state index in [1.165, 1.54) is 12.1 Å². The molecule has 0 aliphatic heterocycles. The largest absolute Gasteiger partial charge is 0.417 e. The van der Waals surface area contributed by atoms with Gasteiger partial charge in [-0.05, 0) is 43.7 Å². The van der Waals surface area contributed by atoms with E-state index in [4.69, 9.17) is 0 Å². The lowest BCUT2D eigenvalue weighted by atomic mass is 9.97. The van der Waals surface area contributed by atoms with Crippen LogP contribution in [0.2, 0.25) is 0 Å². The van der Waals surface area contributed by atoms with Gasteiger partial charge in [0.05, 0.1) is 5.56 Å². The fraction of sp³-hybridized carbons (Fsp3) is 0.412. The predicted molar refractivity (Wildman–Crippen MR) is 74.3 cm³/mol. The third kappa shape index (κ3) is 3.13. The van der Waals surface area contributed by atoms with Gasteiger partial charge in [-0.2, -0.15) is 13.2 Å². The Morgan fingerprint density at radius 2 is 1.59 bits per heavy atom. The molecule has 116 valence electrons. The molecule has 0 amide bonds. The smallest absolute Gasteiger partial charge is 0.294 e. The van der Waals surface area contributed by atoms with Crippen LogP contribution in [0.15, 0.2) is 35.9 Å². The molecule has 0 heterocycles. The van der Waals surface area contributed by atoms with E-state index < -0.39 is 23.1 Å². The molecule has 0 saturated heterocycles. The lowest BCUT2D eigenvalue weighted by Gasteiger charge is -2.11. The standard InChI is InChI=1S/C17H15F3O2/c18-17(19,20)14-4-2-1-3-12(14)15(21)9-13(10-5-6-10)16(22)11-7-8-11/h1-4,9-11H,5-8H2/b13-9+. The number of carbonyl (C=O) groups excluding carboxylic acids is 2. The van der Waals surface area contributed by atoms with Crippen LogP contribution in [-0.2, 0) is 11.0 Å². The molecular formula is C17H15F3O2. The Morgan fingerprint density at radius 3 is 2.14 bits per heavy atom. The molecule has 22 heavy (non-hydrogen) atoms. The van der Waals surface area contributed by atoms with Crippen LogP contribution in [0.3, 0.4) is 0 Å². The number of halogens is 3. The molecule has 2 aliphatic rings. The van der Waals surface area contributed by atoms with Gasteiger partial charge in [-0.3, -0.25) is 9.59 Å². The maximum absolute atomic E-state index is 13.0. The molecule has 0 bridgehead atoms. The van der Waals surface area contributed by atoms with Crippen LogP contribution < -0.4 is 0 Å². The van der Waals surface area contributed by atoms with Crippen LogP contribution in [-0.4, -0.2) is 11.6 Å². The third-order valence-corrected chi connectivity index (χ3v) is 4.03. The maximum Gasteiger partial charge on any atom is 0.417 e. The van der Waals surface area contributed by atoms with Gasteiger partial charge in [0.1, 0.15) is 0 Å². The number of ketones is 2. The highest BCUT2D eigenvalue weighted by Crippen LogP contribution is 2.42. The van der Waals surface area contributed by atoms with Gasteiger partial charge in [0, 0.05) is 17.1 Å². The number of hydrogen-bond donors (Lipinski definition) is 0. The molecular weight excluding hydrogens is 293 g/mol. The topological polar surface area (TPSA) is 34.1 Å². The van der Waals surface area contributed by atoms with Crippen LogP contribution >= 0.6 is 0 Å². The molecule has 5 heteroatoms. The van der Waals surface area contributed by atoms with Crippen LogP contribution in [0, 0.1) is 11.8 Å². The van der Waals surface area contributed by atoms with E-state index in [2.05, 4.69) is 0 Å². The van der Waals surface area contributed by atoms with Gasteiger partial charge in [-0.25, -0.2) is 0 Å². The first-order chi connectivity index (χ1) is 10.4. The Morgan fingerprint density at radius 1 is 1.00 bits per heavy atom. The second-order valence-electron chi connectivity index (χ2n) is 5.92. The average molecular weight is 308 g/mol. The van der Waals surface area contributed by atoms with Crippen LogP contribution in [0.1, 0.15) is 41.6 Å². The summed E-state index contributed by atoms with van der Waals surface area (Å²) in [5, 5.41) is 0. The SMILES string of the molecule is O=C(/C=C(/C(=O)C1CC1)C1CC1)c1ccccc1C(F)(F)F. The van der Waals surface area contributed by atoms with Gasteiger partial charge >= 0.3 is 6.18 Å². The minimum atomic E-state index is -4.58. The maximum atomic E-state index is 13.0. The normalized spacial score (nSPS) is 19.1. The minimum absolute atomic E-state index is 0.0301. The number of benzene rings is 1. The molecule has 2 fully saturated rings. The Bertz CT molecular complexity index is 650. The molecule has 3 rings (SSSR count). The second kappa shape index (κ2) is 5.38. The number of alkyl halides is 3. The van der Waals surface area contributed by atoms with Crippen LogP contribution in [0.5, 0.6) is 0 Å². The lowest BCUT2D eigenvalue weighted by molar-refractivity contribution is -0.137. The summed E-state index contributed by atoms with van der Waals surface area (Å²) >= 11 is 0. The van der Waals surface area contributed by atoms with Crippen LogP contribution in [0.4, 0.5) is 13.2 Å². The van der Waals surface area contributed by atoms with Gasteiger partial charge in [-0.15, -0.1) is 0 Å². The fourth-order valence-corrected chi connectivity index (χ4v) is 2.53. The quantitative estimate of drug-likeness (QED) is 0.603. The van der Waals surface area contributed by atoms with Crippen molar-refractivity contribution >= 4 is 11.6 Å². The van der Waals surface area contributed by atoms with Gasteiger partial charge in [0.15, 0.2) is 11.6 Å². The highest BCUT2D eigenvalue weighted by atomic mass is 19.4. The summed E-state index contributed by atoms with van der Waals surface area (Å²) in [6.07, 6.45) is -0.146. The van der Waals surface area contributed by atoms with E-state index >= 15 is 0 Å². The molecule has 1 aromatic rings. The summed E-state index contributed by atoms with van der Waals surface area (Å²) < 4.78 is 38.9. The average Bonchev–Trinajstić information content (AvgIpc) is 3.35. The first-order valence-corrected chi connectivity index (χ1v) is 7.34. The summed E-state index contributed by atoms with van der Waals surface area (Å²) in [7, 11) is 0. The summed E-state index contributed by atoms with van der Waals surface area (Å²) in [6, 6.07) is 4.70. The van der Waals surface area contributed by atoms with Crippen molar-refractivity contribution in [2.24, 2.45) is 11.8 Å². The first kappa shape index (κ1) is 15.0. The van der Waals surface area contributed by atoms with Gasteiger partial charge in [0.2, 0.25) is 0 Å². The number of rotatable bonds is 5. The van der Waals surface area contributed by atoms with Crippen molar-refractivity contribution in [3.63, 3.8) is 0 Å². The molecule has 1 aromatic carbocycles. The monoisotopic (exact) mass is 308 g/mol. The molecule has 0 radical (unpaired) electrons. The minimum Gasteiger partial charge on any atom is -0.294 e. The summed E-state index contributed by atoms with van der Waals surface area (Å²) in [4.78, 5) is 24.5. The molecule has 0 unspecified atom stereocenters. The Kier molecular flexibility index (Phi) is 3.67. The van der Waals surface area contributed by atoms with Gasteiger partial charge in [-0.1, -0.05) is 18.2 Å². The summed E-state index contributed by atoms with van der Waals surface area (Å²) in [5.74, 6) is -0.767. The Balaban J connectivity index is 1.93. The zero-order chi connectivity index (χ0) is 15.9. The number of allylic oxidation sites excluding steroid dienone is 2. The number of hydrogen-bond acceptors (Lipinski definition) is 2. The van der Waals surface area contributed by atoms with Crippen molar-refractivity contribution in [1.29, 1.82) is 0 Å². The van der Waals surface area contributed by atoms with Crippen molar-refractivity contribution in [2.45, 2.75) is 31.9 Å².